The van der Waals surface area contributed by atoms with Crippen LogP contribution in [0.3, 0.4) is 0 Å². The Morgan fingerprint density at radius 1 is 1.28 bits per heavy atom. The summed E-state index contributed by atoms with van der Waals surface area (Å²) in [6.45, 7) is 0.822. The Hall–Kier alpha value is -2.17. The molecule has 1 aromatic carbocycles. The van der Waals surface area contributed by atoms with Crippen LogP contribution in [0, 0.1) is 0 Å². The molecule has 5 heteroatoms. The first-order valence-electron chi connectivity index (χ1n) is 6.17. The summed E-state index contributed by atoms with van der Waals surface area (Å²) in [6, 6.07) is 7.73. The molecule has 1 fully saturated rings. The molecular weight excluding hydrogens is 228 g/mol. The predicted molar refractivity (Wildman–Crippen MR) is 64.4 cm³/mol. The van der Waals surface area contributed by atoms with Gasteiger partial charge in [0.1, 0.15) is 0 Å². The third-order valence-electron chi connectivity index (χ3n) is 3.79. The number of para-hydroxylation sites is 1. The van der Waals surface area contributed by atoms with E-state index in [0.717, 1.165) is 30.8 Å². The molecule has 2 aliphatic rings. The Kier molecular flexibility index (Phi) is 1.86. The second-order valence-corrected chi connectivity index (χ2v) is 4.74. The Balaban J connectivity index is 2.04. The lowest BCUT2D eigenvalue weighted by Crippen LogP contribution is -2.29. The SMILES string of the molecule is O=C1c2ccccc2-n2nncc2[C@@H]2CCCN12. The third kappa shape index (κ3) is 1.13. The fourth-order valence-electron chi connectivity index (χ4n) is 2.97. The molecule has 18 heavy (non-hydrogen) atoms. The smallest absolute Gasteiger partial charge is 0.256 e. The second kappa shape index (κ2) is 3.41. The molecule has 0 aliphatic carbocycles. The lowest BCUT2D eigenvalue weighted by Gasteiger charge is -2.21. The van der Waals surface area contributed by atoms with Crippen molar-refractivity contribution in [2.45, 2.75) is 18.9 Å². The van der Waals surface area contributed by atoms with Crippen molar-refractivity contribution in [1.82, 2.24) is 19.9 Å². The van der Waals surface area contributed by atoms with E-state index in [9.17, 15) is 4.79 Å². The van der Waals surface area contributed by atoms with Crippen molar-refractivity contribution in [2.24, 2.45) is 0 Å². The van der Waals surface area contributed by atoms with Crippen LogP contribution in [0.5, 0.6) is 0 Å². The standard InChI is InChI=1S/C13H12N4O/c18-13-9-4-1-2-5-10(9)17-12(8-14-15-17)11-6-3-7-16(11)13/h1-2,4-5,8,11H,3,6-7H2/t11-/m0/s1. The molecule has 90 valence electrons. The molecule has 0 saturated carbocycles. The summed E-state index contributed by atoms with van der Waals surface area (Å²) in [5.41, 5.74) is 2.57. The highest BCUT2D eigenvalue weighted by Gasteiger charge is 2.37. The monoisotopic (exact) mass is 240 g/mol. The average Bonchev–Trinajstić information content (AvgIpc) is 3.04. The minimum Gasteiger partial charge on any atom is -0.330 e. The van der Waals surface area contributed by atoms with Gasteiger partial charge in [-0.25, -0.2) is 4.68 Å². The van der Waals surface area contributed by atoms with Gasteiger partial charge in [0.05, 0.1) is 29.2 Å². The van der Waals surface area contributed by atoms with Crippen LogP contribution in [0.25, 0.3) is 5.69 Å². The molecule has 1 atom stereocenters. The van der Waals surface area contributed by atoms with Crippen molar-refractivity contribution in [3.8, 4) is 5.69 Å². The molecule has 0 N–H and O–H groups in total. The molecule has 5 nitrogen and oxygen atoms in total. The van der Waals surface area contributed by atoms with Gasteiger partial charge in [-0.1, -0.05) is 17.3 Å². The van der Waals surface area contributed by atoms with Crippen LogP contribution < -0.4 is 0 Å². The summed E-state index contributed by atoms with van der Waals surface area (Å²) >= 11 is 0. The zero-order valence-corrected chi connectivity index (χ0v) is 9.78. The molecule has 0 radical (unpaired) electrons. The Bertz CT molecular complexity index is 633. The molecule has 1 amide bonds. The topological polar surface area (TPSA) is 51.0 Å². The molecular formula is C13H12N4O. The number of rotatable bonds is 0. The van der Waals surface area contributed by atoms with Crippen molar-refractivity contribution in [1.29, 1.82) is 0 Å². The number of carbonyl (C=O) groups excluding carboxylic acids is 1. The van der Waals surface area contributed by atoms with Gasteiger partial charge in [0.25, 0.3) is 5.91 Å². The van der Waals surface area contributed by atoms with Crippen LogP contribution in [0.2, 0.25) is 0 Å². The summed E-state index contributed by atoms with van der Waals surface area (Å²) in [5, 5.41) is 8.15. The van der Waals surface area contributed by atoms with E-state index in [-0.39, 0.29) is 11.9 Å². The average molecular weight is 240 g/mol. The van der Waals surface area contributed by atoms with Gasteiger partial charge in [-0.15, -0.1) is 5.10 Å². The molecule has 1 aromatic heterocycles. The fraction of sp³-hybridized carbons (Fsp3) is 0.308. The van der Waals surface area contributed by atoms with Crippen molar-refractivity contribution in [2.75, 3.05) is 6.54 Å². The van der Waals surface area contributed by atoms with Crippen molar-refractivity contribution < 1.29 is 4.79 Å². The van der Waals surface area contributed by atoms with E-state index in [4.69, 9.17) is 0 Å². The van der Waals surface area contributed by atoms with E-state index >= 15 is 0 Å². The zero-order valence-electron chi connectivity index (χ0n) is 9.78. The van der Waals surface area contributed by atoms with E-state index in [2.05, 4.69) is 10.3 Å². The lowest BCUT2D eigenvalue weighted by molar-refractivity contribution is 0.0738. The normalized spacial score (nSPS) is 21.2. The van der Waals surface area contributed by atoms with Gasteiger partial charge < -0.3 is 4.90 Å². The van der Waals surface area contributed by atoms with Gasteiger partial charge >= 0.3 is 0 Å². The highest BCUT2D eigenvalue weighted by atomic mass is 16.2. The first kappa shape index (κ1) is 9.82. The number of amides is 1. The van der Waals surface area contributed by atoms with Crippen LogP contribution in [-0.2, 0) is 0 Å². The zero-order chi connectivity index (χ0) is 12.1. The first-order valence-corrected chi connectivity index (χ1v) is 6.17. The molecule has 0 unspecified atom stereocenters. The number of benzene rings is 1. The van der Waals surface area contributed by atoms with Crippen LogP contribution in [0.1, 0.15) is 34.9 Å². The van der Waals surface area contributed by atoms with E-state index in [0.29, 0.717) is 5.56 Å². The van der Waals surface area contributed by atoms with Gasteiger partial charge in [0.15, 0.2) is 0 Å². The summed E-state index contributed by atoms with van der Waals surface area (Å²) in [6.07, 6.45) is 3.81. The predicted octanol–water partition coefficient (Wildman–Crippen LogP) is 1.56. The summed E-state index contributed by atoms with van der Waals surface area (Å²) in [7, 11) is 0. The minimum absolute atomic E-state index is 0.110. The molecule has 0 spiro atoms. The molecule has 4 rings (SSSR count). The number of hydrogen-bond donors (Lipinski definition) is 0. The maximum absolute atomic E-state index is 12.5. The second-order valence-electron chi connectivity index (χ2n) is 4.74. The van der Waals surface area contributed by atoms with Gasteiger partial charge in [0, 0.05) is 6.54 Å². The van der Waals surface area contributed by atoms with E-state index < -0.39 is 0 Å². The Morgan fingerprint density at radius 2 is 2.17 bits per heavy atom. The number of nitrogens with zero attached hydrogens (tertiary/aromatic N) is 4. The summed E-state index contributed by atoms with van der Waals surface area (Å²) in [5.74, 6) is 0.110. The van der Waals surface area contributed by atoms with Gasteiger partial charge in [-0.2, -0.15) is 0 Å². The van der Waals surface area contributed by atoms with Crippen molar-refractivity contribution >= 4 is 5.91 Å². The van der Waals surface area contributed by atoms with Gasteiger partial charge in [-0.05, 0) is 25.0 Å². The van der Waals surface area contributed by atoms with Crippen LogP contribution >= 0.6 is 0 Å². The number of fused-ring (bicyclic) bond motifs is 5. The molecule has 1 saturated heterocycles. The molecule has 2 aromatic rings. The fourth-order valence-corrected chi connectivity index (χ4v) is 2.97. The van der Waals surface area contributed by atoms with Gasteiger partial charge in [-0.3, -0.25) is 4.79 Å². The van der Waals surface area contributed by atoms with Crippen LogP contribution in [-0.4, -0.2) is 32.3 Å². The van der Waals surface area contributed by atoms with Crippen LogP contribution in [0.15, 0.2) is 30.5 Å². The molecule has 2 aliphatic heterocycles. The highest BCUT2D eigenvalue weighted by Crippen LogP contribution is 2.37. The quantitative estimate of drug-likeness (QED) is 0.702. The van der Waals surface area contributed by atoms with E-state index in [1.165, 1.54) is 0 Å². The van der Waals surface area contributed by atoms with E-state index in [1.807, 2.05) is 33.8 Å². The summed E-state index contributed by atoms with van der Waals surface area (Å²) < 4.78 is 1.81. The highest BCUT2D eigenvalue weighted by molar-refractivity contribution is 5.98. The van der Waals surface area contributed by atoms with Crippen LogP contribution in [0.4, 0.5) is 0 Å². The largest absolute Gasteiger partial charge is 0.330 e. The maximum atomic E-state index is 12.5. The van der Waals surface area contributed by atoms with Crippen molar-refractivity contribution in [3.05, 3.63) is 41.7 Å². The third-order valence-corrected chi connectivity index (χ3v) is 3.79. The maximum Gasteiger partial charge on any atom is 0.256 e. The summed E-state index contributed by atoms with van der Waals surface area (Å²) in [4.78, 5) is 14.5. The molecule has 3 heterocycles. The lowest BCUT2D eigenvalue weighted by atomic mass is 10.1. The van der Waals surface area contributed by atoms with E-state index in [1.54, 1.807) is 6.20 Å². The Morgan fingerprint density at radius 3 is 3.11 bits per heavy atom. The molecule has 0 bridgehead atoms. The first-order chi connectivity index (χ1) is 8.86. The number of hydrogen-bond acceptors (Lipinski definition) is 3. The Labute approximate surface area is 104 Å². The van der Waals surface area contributed by atoms with Crippen molar-refractivity contribution in [3.63, 3.8) is 0 Å². The number of carbonyl (C=O) groups is 1. The van der Waals surface area contributed by atoms with Gasteiger partial charge in [0.2, 0.25) is 0 Å². The number of aromatic nitrogens is 3. The minimum atomic E-state index is 0.110.